The number of benzene rings is 2. The van der Waals surface area contributed by atoms with Crippen LogP contribution in [0.15, 0.2) is 47.5 Å². The van der Waals surface area contributed by atoms with Gasteiger partial charge in [-0.05, 0) is 30.7 Å². The van der Waals surface area contributed by atoms with E-state index >= 15 is 0 Å². The molecule has 5 nitrogen and oxygen atoms in total. The summed E-state index contributed by atoms with van der Waals surface area (Å²) in [6.07, 6.45) is -4.43. The molecule has 0 aliphatic carbocycles. The van der Waals surface area contributed by atoms with Gasteiger partial charge in [-0.15, -0.1) is 0 Å². The Morgan fingerprint density at radius 1 is 1.07 bits per heavy atom. The Morgan fingerprint density at radius 2 is 1.83 bits per heavy atom. The van der Waals surface area contributed by atoms with Crippen LogP contribution in [0.4, 0.5) is 17.6 Å². The van der Waals surface area contributed by atoms with Gasteiger partial charge in [0.25, 0.3) is 0 Å². The minimum atomic E-state index is -4.43. The number of methoxy groups -OCH3 is 1. The first-order valence-corrected chi connectivity index (χ1v) is 8.94. The van der Waals surface area contributed by atoms with E-state index in [4.69, 9.17) is 9.47 Å². The van der Waals surface area contributed by atoms with Crippen molar-refractivity contribution in [3.63, 3.8) is 0 Å². The molecule has 158 valence electrons. The van der Waals surface area contributed by atoms with Gasteiger partial charge in [-0.2, -0.15) is 13.2 Å². The van der Waals surface area contributed by atoms with E-state index in [9.17, 15) is 17.6 Å². The molecule has 0 amide bonds. The second-order valence-corrected chi connectivity index (χ2v) is 6.03. The molecule has 0 saturated carbocycles. The van der Waals surface area contributed by atoms with Gasteiger partial charge in [-0.1, -0.05) is 24.3 Å². The first kappa shape index (κ1) is 22.3. The largest absolute Gasteiger partial charge is 0.493 e. The van der Waals surface area contributed by atoms with E-state index in [2.05, 4.69) is 15.6 Å². The lowest BCUT2D eigenvalue weighted by Gasteiger charge is -2.14. The predicted octanol–water partition coefficient (Wildman–Crippen LogP) is 4.03. The van der Waals surface area contributed by atoms with Crippen LogP contribution in [0.2, 0.25) is 0 Å². The summed E-state index contributed by atoms with van der Waals surface area (Å²) in [6, 6.07) is 11.0. The van der Waals surface area contributed by atoms with E-state index in [0.717, 1.165) is 0 Å². The zero-order valence-electron chi connectivity index (χ0n) is 16.1. The molecule has 0 heterocycles. The van der Waals surface area contributed by atoms with Crippen LogP contribution in [0.1, 0.15) is 18.1 Å². The van der Waals surface area contributed by atoms with Crippen LogP contribution in [-0.4, -0.2) is 32.4 Å². The van der Waals surface area contributed by atoms with Crippen molar-refractivity contribution in [3.05, 3.63) is 59.4 Å². The van der Waals surface area contributed by atoms with Gasteiger partial charge in [0, 0.05) is 18.7 Å². The fraction of sp³-hybridized carbons (Fsp3) is 0.350. The molecule has 0 aliphatic heterocycles. The number of ether oxygens (including phenoxy) is 2. The molecule has 2 rings (SSSR count). The van der Waals surface area contributed by atoms with Gasteiger partial charge in [-0.3, -0.25) is 0 Å². The molecule has 2 aromatic rings. The lowest BCUT2D eigenvalue weighted by atomic mass is 10.2. The maximum atomic E-state index is 13.7. The van der Waals surface area contributed by atoms with Crippen molar-refractivity contribution in [2.75, 3.05) is 20.3 Å². The second-order valence-electron chi connectivity index (χ2n) is 6.03. The normalized spacial score (nSPS) is 11.9. The molecule has 29 heavy (non-hydrogen) atoms. The standard InChI is InChI=1S/C20H23F4N3O2/c1-3-25-19(27-12-15-6-4-5-7-16(15)21)26-11-14-8-9-17(18(10-14)28-2)29-13-20(22,23)24/h4-10H,3,11-13H2,1-2H3,(H2,25,26,27). The second kappa shape index (κ2) is 10.5. The average molecular weight is 413 g/mol. The fourth-order valence-corrected chi connectivity index (χ4v) is 2.42. The number of aliphatic imine (C=N–C) groups is 1. The Bertz CT molecular complexity index is 826. The third-order valence-corrected chi connectivity index (χ3v) is 3.79. The molecule has 0 bridgehead atoms. The Balaban J connectivity index is 2.04. The maximum Gasteiger partial charge on any atom is 0.422 e. The van der Waals surface area contributed by atoms with Crippen LogP contribution >= 0.6 is 0 Å². The zero-order chi connectivity index (χ0) is 21.3. The highest BCUT2D eigenvalue weighted by atomic mass is 19.4. The third kappa shape index (κ3) is 7.52. The third-order valence-electron chi connectivity index (χ3n) is 3.79. The molecule has 0 radical (unpaired) electrons. The van der Waals surface area contributed by atoms with Gasteiger partial charge >= 0.3 is 6.18 Å². The lowest BCUT2D eigenvalue weighted by Crippen LogP contribution is -2.37. The minimum Gasteiger partial charge on any atom is -0.493 e. The molecule has 0 spiro atoms. The van der Waals surface area contributed by atoms with Crippen LogP contribution in [0.5, 0.6) is 11.5 Å². The van der Waals surface area contributed by atoms with Gasteiger partial charge < -0.3 is 20.1 Å². The summed E-state index contributed by atoms with van der Waals surface area (Å²) < 4.78 is 60.6. The number of guanidine groups is 1. The summed E-state index contributed by atoms with van der Waals surface area (Å²) in [7, 11) is 1.35. The van der Waals surface area contributed by atoms with E-state index < -0.39 is 12.8 Å². The van der Waals surface area contributed by atoms with Crippen LogP contribution < -0.4 is 20.1 Å². The molecule has 0 fully saturated rings. The average Bonchev–Trinajstić information content (AvgIpc) is 2.69. The van der Waals surface area contributed by atoms with E-state index in [0.29, 0.717) is 23.6 Å². The van der Waals surface area contributed by atoms with E-state index in [1.807, 2.05) is 6.92 Å². The lowest BCUT2D eigenvalue weighted by molar-refractivity contribution is -0.153. The van der Waals surface area contributed by atoms with Crippen LogP contribution in [0.25, 0.3) is 0 Å². The van der Waals surface area contributed by atoms with Gasteiger partial charge in [0.2, 0.25) is 0 Å². The number of nitrogens with one attached hydrogen (secondary N) is 2. The summed E-state index contributed by atoms with van der Waals surface area (Å²) in [6.45, 7) is 1.60. The van der Waals surface area contributed by atoms with Crippen molar-refractivity contribution in [2.45, 2.75) is 26.2 Å². The number of rotatable bonds is 8. The van der Waals surface area contributed by atoms with Crippen molar-refractivity contribution in [1.82, 2.24) is 10.6 Å². The molecular formula is C20H23F4N3O2. The van der Waals surface area contributed by atoms with Gasteiger partial charge in [0.1, 0.15) is 5.82 Å². The van der Waals surface area contributed by atoms with Crippen molar-refractivity contribution < 1.29 is 27.0 Å². The van der Waals surface area contributed by atoms with Crippen molar-refractivity contribution in [2.24, 2.45) is 4.99 Å². The number of halogens is 4. The van der Waals surface area contributed by atoms with E-state index in [1.54, 1.807) is 30.3 Å². The molecular weight excluding hydrogens is 390 g/mol. The van der Waals surface area contributed by atoms with Crippen LogP contribution in [0, 0.1) is 5.82 Å². The van der Waals surface area contributed by atoms with Gasteiger partial charge in [-0.25, -0.2) is 9.38 Å². The highest BCUT2D eigenvalue weighted by Gasteiger charge is 2.29. The summed E-state index contributed by atoms with van der Waals surface area (Å²) >= 11 is 0. The number of nitrogens with zero attached hydrogens (tertiary/aromatic N) is 1. The van der Waals surface area contributed by atoms with Crippen molar-refractivity contribution in [3.8, 4) is 11.5 Å². The molecule has 0 saturated heterocycles. The Labute approximate surface area is 166 Å². The zero-order valence-corrected chi connectivity index (χ0v) is 16.1. The van der Waals surface area contributed by atoms with Crippen LogP contribution in [0.3, 0.4) is 0 Å². The highest BCUT2D eigenvalue weighted by Crippen LogP contribution is 2.30. The highest BCUT2D eigenvalue weighted by molar-refractivity contribution is 5.79. The first-order chi connectivity index (χ1) is 13.8. The topological polar surface area (TPSA) is 54.9 Å². The van der Waals surface area contributed by atoms with E-state index in [1.165, 1.54) is 19.2 Å². The summed E-state index contributed by atoms with van der Waals surface area (Å²) in [5.74, 6) is 0.357. The van der Waals surface area contributed by atoms with Gasteiger partial charge in [0.05, 0.1) is 13.7 Å². The molecule has 9 heteroatoms. The molecule has 0 atom stereocenters. The van der Waals surface area contributed by atoms with Crippen molar-refractivity contribution >= 4 is 5.96 Å². The fourth-order valence-electron chi connectivity index (χ4n) is 2.42. The smallest absolute Gasteiger partial charge is 0.422 e. The monoisotopic (exact) mass is 413 g/mol. The Kier molecular flexibility index (Phi) is 8.11. The van der Waals surface area contributed by atoms with Crippen LogP contribution in [-0.2, 0) is 13.1 Å². The van der Waals surface area contributed by atoms with E-state index in [-0.39, 0.29) is 30.4 Å². The quantitative estimate of drug-likeness (QED) is 0.390. The Hall–Kier alpha value is -2.97. The van der Waals surface area contributed by atoms with Gasteiger partial charge in [0.15, 0.2) is 24.1 Å². The number of alkyl halides is 3. The maximum absolute atomic E-state index is 13.7. The minimum absolute atomic E-state index is 0.00198. The molecule has 0 unspecified atom stereocenters. The number of hydrogen-bond acceptors (Lipinski definition) is 3. The predicted molar refractivity (Wildman–Crippen MR) is 103 cm³/mol. The summed E-state index contributed by atoms with van der Waals surface area (Å²) in [4.78, 5) is 4.41. The SMILES string of the molecule is CCNC(=NCc1ccc(OCC(F)(F)F)c(OC)c1)NCc1ccccc1F. The van der Waals surface area contributed by atoms with Crippen molar-refractivity contribution in [1.29, 1.82) is 0 Å². The number of hydrogen-bond donors (Lipinski definition) is 2. The molecule has 0 aromatic heterocycles. The molecule has 2 aromatic carbocycles. The molecule has 0 aliphatic rings. The first-order valence-electron chi connectivity index (χ1n) is 8.94. The summed E-state index contributed by atoms with van der Waals surface area (Å²) in [5.41, 5.74) is 1.22. The Morgan fingerprint density at radius 3 is 2.48 bits per heavy atom. The summed E-state index contributed by atoms with van der Waals surface area (Å²) in [5, 5.41) is 6.10. The molecule has 2 N–H and O–H groups in total.